The van der Waals surface area contributed by atoms with Gasteiger partial charge in [0, 0.05) is 19.3 Å². The number of rotatable bonds is 5. The van der Waals surface area contributed by atoms with E-state index >= 15 is 0 Å². The van der Waals surface area contributed by atoms with E-state index in [1.54, 1.807) is 23.1 Å². The quantitative estimate of drug-likeness (QED) is 0.868. The third kappa shape index (κ3) is 3.71. The van der Waals surface area contributed by atoms with Gasteiger partial charge in [-0.3, -0.25) is 9.52 Å². The Bertz CT molecular complexity index is 931. The fourth-order valence-electron chi connectivity index (χ4n) is 2.97. The summed E-state index contributed by atoms with van der Waals surface area (Å²) < 4.78 is 46.0. The van der Waals surface area contributed by atoms with Crippen molar-refractivity contribution in [1.82, 2.24) is 0 Å². The minimum Gasteiger partial charge on any atom is -0.375 e. The van der Waals surface area contributed by atoms with E-state index < -0.39 is 20.7 Å². The number of aryl methyl sites for hydroxylation is 1. The van der Waals surface area contributed by atoms with Crippen LogP contribution in [0, 0.1) is 5.82 Å². The van der Waals surface area contributed by atoms with Crippen LogP contribution in [0.4, 0.5) is 15.8 Å². The molecule has 26 heavy (non-hydrogen) atoms. The van der Waals surface area contributed by atoms with Crippen LogP contribution in [0.15, 0.2) is 47.4 Å². The Balaban J connectivity index is 1.92. The van der Waals surface area contributed by atoms with Crippen molar-refractivity contribution in [2.45, 2.75) is 17.7 Å². The first-order valence-corrected chi connectivity index (χ1v) is 9.60. The van der Waals surface area contributed by atoms with Gasteiger partial charge in [0.05, 0.1) is 5.69 Å². The van der Waals surface area contributed by atoms with Crippen molar-refractivity contribution in [2.24, 2.45) is 0 Å². The van der Waals surface area contributed by atoms with Crippen molar-refractivity contribution >= 4 is 27.3 Å². The first-order chi connectivity index (χ1) is 12.4. The summed E-state index contributed by atoms with van der Waals surface area (Å²) in [6.07, 6.45) is 1.62. The van der Waals surface area contributed by atoms with Crippen LogP contribution in [0.3, 0.4) is 0 Å². The summed E-state index contributed by atoms with van der Waals surface area (Å²) in [5, 5.41) is 0. The van der Waals surface area contributed by atoms with Gasteiger partial charge in [0.25, 0.3) is 15.9 Å². The number of carbonyl (C=O) groups is 1. The molecular formula is C18H19FN2O4S. The number of hydrogen-bond donors (Lipinski definition) is 1. The van der Waals surface area contributed by atoms with Crippen LogP contribution in [0.25, 0.3) is 0 Å². The maximum Gasteiger partial charge on any atom is 0.264 e. The van der Waals surface area contributed by atoms with Crippen LogP contribution in [0.1, 0.15) is 12.0 Å². The number of ether oxygens (including phenoxy) is 1. The highest BCUT2D eigenvalue weighted by molar-refractivity contribution is 7.92. The van der Waals surface area contributed by atoms with Gasteiger partial charge >= 0.3 is 0 Å². The highest BCUT2D eigenvalue weighted by Gasteiger charge is 2.24. The van der Waals surface area contributed by atoms with Crippen LogP contribution >= 0.6 is 0 Å². The molecule has 1 N–H and O–H groups in total. The number of sulfonamides is 1. The molecule has 0 unspecified atom stereocenters. The Morgan fingerprint density at radius 3 is 2.77 bits per heavy atom. The number of amides is 1. The van der Waals surface area contributed by atoms with Crippen LogP contribution in [0.2, 0.25) is 0 Å². The third-order valence-electron chi connectivity index (χ3n) is 4.15. The van der Waals surface area contributed by atoms with E-state index in [1.807, 2.05) is 0 Å². The van der Waals surface area contributed by atoms with Crippen molar-refractivity contribution in [3.05, 3.63) is 53.8 Å². The summed E-state index contributed by atoms with van der Waals surface area (Å²) in [6.45, 7) is 0.489. The topological polar surface area (TPSA) is 75.7 Å². The lowest BCUT2D eigenvalue weighted by atomic mass is 10.0. The predicted octanol–water partition coefficient (Wildman–Crippen LogP) is 2.55. The zero-order valence-corrected chi connectivity index (χ0v) is 15.1. The number of carbonyl (C=O) groups excluding carboxylic acids is 1. The molecule has 0 spiro atoms. The zero-order valence-electron chi connectivity index (χ0n) is 14.2. The average Bonchev–Trinajstić information content (AvgIpc) is 2.61. The molecule has 138 valence electrons. The van der Waals surface area contributed by atoms with E-state index in [0.29, 0.717) is 12.2 Å². The summed E-state index contributed by atoms with van der Waals surface area (Å²) >= 11 is 0. The molecule has 1 amide bonds. The van der Waals surface area contributed by atoms with Crippen molar-refractivity contribution in [3.8, 4) is 0 Å². The van der Waals surface area contributed by atoms with Gasteiger partial charge in [-0.15, -0.1) is 0 Å². The van der Waals surface area contributed by atoms with Crippen molar-refractivity contribution in [3.63, 3.8) is 0 Å². The van der Waals surface area contributed by atoms with Crippen LogP contribution in [-0.2, 0) is 26.0 Å². The van der Waals surface area contributed by atoms with Gasteiger partial charge in [0.1, 0.15) is 17.3 Å². The molecular weight excluding hydrogens is 359 g/mol. The van der Waals surface area contributed by atoms with Gasteiger partial charge in [0.15, 0.2) is 0 Å². The van der Waals surface area contributed by atoms with Gasteiger partial charge in [-0.2, -0.15) is 0 Å². The van der Waals surface area contributed by atoms with Crippen molar-refractivity contribution in [2.75, 3.05) is 29.9 Å². The van der Waals surface area contributed by atoms with Crippen molar-refractivity contribution in [1.29, 1.82) is 0 Å². The molecule has 1 aliphatic rings. The number of fused-ring (bicyclic) bond motifs is 1. The largest absolute Gasteiger partial charge is 0.375 e. The van der Waals surface area contributed by atoms with E-state index in [-0.39, 0.29) is 18.2 Å². The molecule has 0 fully saturated rings. The molecule has 0 atom stereocenters. The lowest BCUT2D eigenvalue weighted by Crippen LogP contribution is -2.37. The maximum absolute atomic E-state index is 13.8. The fraction of sp³-hybridized carbons (Fsp3) is 0.278. The Kier molecular flexibility index (Phi) is 5.24. The van der Waals surface area contributed by atoms with E-state index in [2.05, 4.69) is 4.72 Å². The molecule has 0 aromatic heterocycles. The number of benzene rings is 2. The molecule has 0 saturated heterocycles. The molecule has 1 aliphatic heterocycles. The molecule has 3 rings (SSSR count). The van der Waals surface area contributed by atoms with Crippen LogP contribution in [0.5, 0.6) is 0 Å². The maximum atomic E-state index is 13.8. The fourth-order valence-corrected chi connectivity index (χ4v) is 4.10. The normalized spacial score (nSPS) is 14.0. The van der Waals surface area contributed by atoms with E-state index in [9.17, 15) is 17.6 Å². The number of halogens is 1. The molecule has 2 aromatic rings. The van der Waals surface area contributed by atoms with Gasteiger partial charge in [-0.1, -0.05) is 18.2 Å². The Morgan fingerprint density at radius 2 is 2.04 bits per heavy atom. The monoisotopic (exact) mass is 378 g/mol. The van der Waals surface area contributed by atoms with Crippen LogP contribution < -0.4 is 9.62 Å². The SMILES string of the molecule is COCC(=O)N1CCCc2ccc(NS(=O)(=O)c3ccccc3F)cc21. The molecule has 8 heteroatoms. The lowest BCUT2D eigenvalue weighted by molar-refractivity contribution is -0.122. The summed E-state index contributed by atoms with van der Waals surface area (Å²) in [5.41, 5.74) is 1.87. The van der Waals surface area contributed by atoms with Gasteiger partial charge in [0.2, 0.25) is 0 Å². The number of methoxy groups -OCH3 is 1. The standard InChI is InChI=1S/C18H19FN2O4S/c1-25-12-18(22)21-10-4-5-13-8-9-14(11-16(13)21)20-26(23,24)17-7-3-2-6-15(17)19/h2-3,6-9,11,20H,4-5,10,12H2,1H3. The smallest absolute Gasteiger partial charge is 0.264 e. The second kappa shape index (κ2) is 7.43. The Hall–Kier alpha value is -2.45. The van der Waals surface area contributed by atoms with Gasteiger partial charge in [-0.25, -0.2) is 12.8 Å². The predicted molar refractivity (Wildman–Crippen MR) is 96.2 cm³/mol. The van der Waals surface area contributed by atoms with Gasteiger partial charge < -0.3 is 9.64 Å². The van der Waals surface area contributed by atoms with Crippen LogP contribution in [-0.4, -0.2) is 34.6 Å². The number of anilines is 2. The molecule has 0 radical (unpaired) electrons. The molecule has 0 bridgehead atoms. The Morgan fingerprint density at radius 1 is 1.27 bits per heavy atom. The molecule has 2 aromatic carbocycles. The lowest BCUT2D eigenvalue weighted by Gasteiger charge is -2.30. The molecule has 1 heterocycles. The van der Waals surface area contributed by atoms with E-state index in [1.165, 1.54) is 25.3 Å². The summed E-state index contributed by atoms with van der Waals surface area (Å²) in [5.74, 6) is -1.02. The van der Waals surface area contributed by atoms with E-state index in [4.69, 9.17) is 4.74 Å². The minimum atomic E-state index is -4.07. The van der Waals surface area contributed by atoms with E-state index in [0.717, 1.165) is 24.5 Å². The number of hydrogen-bond acceptors (Lipinski definition) is 4. The first kappa shape index (κ1) is 18.3. The highest BCUT2D eigenvalue weighted by atomic mass is 32.2. The summed E-state index contributed by atoms with van der Waals surface area (Å²) in [6, 6.07) is 10.2. The molecule has 0 aliphatic carbocycles. The number of nitrogens with zero attached hydrogens (tertiary/aromatic N) is 1. The molecule has 0 saturated carbocycles. The Labute approximate surface area is 151 Å². The minimum absolute atomic E-state index is 0.0510. The third-order valence-corrected chi connectivity index (χ3v) is 5.57. The average molecular weight is 378 g/mol. The van der Waals surface area contributed by atoms with Gasteiger partial charge in [-0.05, 0) is 42.7 Å². The highest BCUT2D eigenvalue weighted by Crippen LogP contribution is 2.31. The molecule has 6 nitrogen and oxygen atoms in total. The summed E-state index contributed by atoms with van der Waals surface area (Å²) in [7, 11) is -2.63. The van der Waals surface area contributed by atoms with Crippen molar-refractivity contribution < 1.29 is 22.3 Å². The second-order valence-electron chi connectivity index (χ2n) is 5.96. The first-order valence-electron chi connectivity index (χ1n) is 8.12. The second-order valence-corrected chi connectivity index (χ2v) is 7.61. The number of nitrogens with one attached hydrogen (secondary N) is 1. The summed E-state index contributed by atoms with van der Waals surface area (Å²) in [4.78, 5) is 13.4. The zero-order chi connectivity index (χ0) is 18.7.